The van der Waals surface area contributed by atoms with Gasteiger partial charge in [-0.15, -0.1) is 0 Å². The molecule has 0 saturated heterocycles. The molecular formula is C24H20N3NaO4. The monoisotopic (exact) mass is 437 g/mol. The number of carboxylic acid groups (broad SMARTS) is 1. The zero-order valence-electron chi connectivity index (χ0n) is 17.9. The summed E-state index contributed by atoms with van der Waals surface area (Å²) in [6.45, 7) is 2.56. The molecule has 7 nitrogen and oxygen atoms in total. The average Bonchev–Trinajstić information content (AvgIpc) is 3.16. The van der Waals surface area contributed by atoms with E-state index in [1.54, 1.807) is 30.6 Å². The predicted octanol–water partition coefficient (Wildman–Crippen LogP) is 0.637. The molecule has 0 amide bonds. The standard InChI is InChI=1S/C24H21N3O4.Na/c1-2-30-26-21(16-27-15-20(24(28)29)19-10-3-4-11-22(19)27)17-8-7-9-18(14-17)31-23-12-5-6-13-25-23;/h3-15H,2,16H2,1H3,(H,28,29);/q;+1/p-1/b26-21+;. The van der Waals surface area contributed by atoms with Gasteiger partial charge in [-0.25, -0.2) is 4.98 Å². The fourth-order valence-corrected chi connectivity index (χ4v) is 3.28. The molecule has 32 heavy (non-hydrogen) atoms. The van der Waals surface area contributed by atoms with Crippen molar-refractivity contribution < 1.29 is 49.0 Å². The van der Waals surface area contributed by atoms with E-state index >= 15 is 0 Å². The van der Waals surface area contributed by atoms with Gasteiger partial charge in [0.2, 0.25) is 5.88 Å². The minimum Gasteiger partial charge on any atom is -0.545 e. The van der Waals surface area contributed by atoms with Gasteiger partial charge in [-0.2, -0.15) is 0 Å². The SMILES string of the molecule is CCO/N=C(\Cn1cc(C(=O)[O-])c2ccccc21)c1cccc(Oc2ccccn2)c1.[Na+]. The summed E-state index contributed by atoms with van der Waals surface area (Å²) in [6, 6.07) is 20.1. The molecule has 4 rings (SSSR count). The molecule has 2 aromatic heterocycles. The van der Waals surface area contributed by atoms with Crippen molar-refractivity contribution in [3.8, 4) is 11.6 Å². The third kappa shape index (κ3) is 5.37. The number of hydrogen-bond donors (Lipinski definition) is 0. The van der Waals surface area contributed by atoms with E-state index in [0.717, 1.165) is 11.1 Å². The Morgan fingerprint density at radius 2 is 1.91 bits per heavy atom. The first-order valence-corrected chi connectivity index (χ1v) is 9.83. The van der Waals surface area contributed by atoms with E-state index in [1.807, 2.05) is 60.0 Å². The topological polar surface area (TPSA) is 88.8 Å². The summed E-state index contributed by atoms with van der Waals surface area (Å²) < 4.78 is 7.65. The number of ether oxygens (including phenoxy) is 1. The van der Waals surface area contributed by atoms with E-state index in [4.69, 9.17) is 9.57 Å². The van der Waals surface area contributed by atoms with Crippen LogP contribution in [0.1, 0.15) is 22.8 Å². The quantitative estimate of drug-likeness (QED) is 0.229. The third-order valence-corrected chi connectivity index (χ3v) is 4.66. The molecule has 2 aromatic carbocycles. The zero-order valence-corrected chi connectivity index (χ0v) is 19.9. The number of benzene rings is 2. The predicted molar refractivity (Wildman–Crippen MR) is 115 cm³/mol. The van der Waals surface area contributed by atoms with Crippen molar-refractivity contribution in [1.82, 2.24) is 9.55 Å². The first-order chi connectivity index (χ1) is 15.2. The number of nitrogens with zero attached hydrogens (tertiary/aromatic N) is 3. The molecule has 0 aliphatic rings. The number of carboxylic acids is 1. The molecule has 0 unspecified atom stereocenters. The molecule has 0 N–H and O–H groups in total. The zero-order chi connectivity index (χ0) is 21.6. The molecule has 0 aliphatic carbocycles. The van der Waals surface area contributed by atoms with Crippen molar-refractivity contribution in [2.45, 2.75) is 13.5 Å². The maximum atomic E-state index is 11.6. The van der Waals surface area contributed by atoms with E-state index in [0.29, 0.717) is 35.9 Å². The second-order valence-corrected chi connectivity index (χ2v) is 6.73. The van der Waals surface area contributed by atoms with Gasteiger partial charge < -0.3 is 24.0 Å². The Labute approximate surface area is 207 Å². The molecule has 156 valence electrons. The maximum absolute atomic E-state index is 11.6. The molecule has 0 radical (unpaired) electrons. The number of rotatable bonds is 8. The molecule has 0 spiro atoms. The Kier molecular flexibility index (Phi) is 8.05. The fourth-order valence-electron chi connectivity index (χ4n) is 3.28. The largest absolute Gasteiger partial charge is 1.00 e. The molecular weight excluding hydrogens is 417 g/mol. The average molecular weight is 437 g/mol. The van der Waals surface area contributed by atoms with Crippen molar-refractivity contribution in [3.05, 3.63) is 90.3 Å². The summed E-state index contributed by atoms with van der Waals surface area (Å²) in [4.78, 5) is 21.1. The van der Waals surface area contributed by atoms with Crippen LogP contribution in [0.15, 0.2) is 84.3 Å². The Hall–Kier alpha value is -3.13. The van der Waals surface area contributed by atoms with Crippen molar-refractivity contribution in [1.29, 1.82) is 0 Å². The molecule has 4 aromatic rings. The van der Waals surface area contributed by atoms with Crippen molar-refractivity contribution in [2.24, 2.45) is 5.16 Å². The molecule has 2 heterocycles. The van der Waals surface area contributed by atoms with Crippen molar-refractivity contribution in [3.63, 3.8) is 0 Å². The summed E-state index contributed by atoms with van der Waals surface area (Å²) >= 11 is 0. The van der Waals surface area contributed by atoms with Crippen molar-refractivity contribution >= 4 is 22.6 Å². The summed E-state index contributed by atoms with van der Waals surface area (Å²) in [5, 5.41) is 16.5. The van der Waals surface area contributed by atoms with Gasteiger partial charge in [-0.3, -0.25) is 0 Å². The molecule has 8 heteroatoms. The Balaban J connectivity index is 0.00000289. The van der Waals surface area contributed by atoms with Crippen LogP contribution >= 0.6 is 0 Å². The van der Waals surface area contributed by atoms with Crippen LogP contribution in [0.3, 0.4) is 0 Å². The minimum absolute atomic E-state index is 0. The van der Waals surface area contributed by atoms with Crippen molar-refractivity contribution in [2.75, 3.05) is 6.61 Å². The van der Waals surface area contributed by atoms with Gasteiger partial charge in [0.05, 0.1) is 12.5 Å². The smallest absolute Gasteiger partial charge is 0.545 e. The molecule has 0 bridgehead atoms. The molecule has 0 aliphatic heterocycles. The van der Waals surface area contributed by atoms with Crippen LogP contribution in [-0.2, 0) is 11.4 Å². The van der Waals surface area contributed by atoms with Gasteiger partial charge in [-0.1, -0.05) is 41.6 Å². The number of carbonyl (C=O) groups excluding carboxylic acids is 1. The number of aromatic nitrogens is 2. The number of para-hydroxylation sites is 1. The van der Waals surface area contributed by atoms with Gasteiger partial charge >= 0.3 is 29.6 Å². The summed E-state index contributed by atoms with van der Waals surface area (Å²) in [7, 11) is 0. The van der Waals surface area contributed by atoms with Crippen LogP contribution in [0, 0.1) is 0 Å². The van der Waals surface area contributed by atoms with Crippen LogP contribution < -0.4 is 39.4 Å². The van der Waals surface area contributed by atoms with Crippen LogP contribution in [0.2, 0.25) is 0 Å². The molecule has 0 saturated carbocycles. The van der Waals surface area contributed by atoms with Gasteiger partial charge in [0, 0.05) is 40.5 Å². The fraction of sp³-hybridized carbons (Fsp3) is 0.125. The number of carbonyl (C=O) groups is 1. The Morgan fingerprint density at radius 1 is 1.09 bits per heavy atom. The van der Waals surface area contributed by atoms with E-state index < -0.39 is 5.97 Å². The van der Waals surface area contributed by atoms with Gasteiger partial charge in [0.25, 0.3) is 0 Å². The van der Waals surface area contributed by atoms with E-state index in [9.17, 15) is 9.90 Å². The van der Waals surface area contributed by atoms with E-state index in [2.05, 4.69) is 10.1 Å². The number of fused-ring (bicyclic) bond motifs is 1. The third-order valence-electron chi connectivity index (χ3n) is 4.66. The first-order valence-electron chi connectivity index (χ1n) is 9.83. The normalized spacial score (nSPS) is 11.1. The summed E-state index contributed by atoms with van der Waals surface area (Å²) in [5.74, 6) is -0.129. The number of aromatic carboxylic acids is 1. The minimum atomic E-state index is -1.22. The number of hydrogen-bond acceptors (Lipinski definition) is 6. The van der Waals surface area contributed by atoms with E-state index in [1.165, 1.54) is 0 Å². The first kappa shape index (κ1) is 23.5. The number of oxime groups is 1. The Bertz CT molecular complexity index is 1240. The van der Waals surface area contributed by atoms with Crippen LogP contribution in [0.4, 0.5) is 0 Å². The van der Waals surface area contributed by atoms with Gasteiger partial charge in [0.1, 0.15) is 18.1 Å². The van der Waals surface area contributed by atoms with Gasteiger partial charge in [-0.05, 0) is 31.2 Å². The van der Waals surface area contributed by atoms with Crippen LogP contribution in [0.5, 0.6) is 11.6 Å². The molecule has 0 atom stereocenters. The second-order valence-electron chi connectivity index (χ2n) is 6.73. The Morgan fingerprint density at radius 3 is 2.66 bits per heavy atom. The maximum Gasteiger partial charge on any atom is 1.00 e. The summed E-state index contributed by atoms with van der Waals surface area (Å²) in [5.41, 5.74) is 2.32. The second kappa shape index (κ2) is 10.9. The van der Waals surface area contributed by atoms with Gasteiger partial charge in [0.15, 0.2) is 0 Å². The van der Waals surface area contributed by atoms with E-state index in [-0.39, 0.29) is 35.1 Å². The molecule has 0 fully saturated rings. The van der Waals surface area contributed by atoms with Crippen LogP contribution in [-0.4, -0.2) is 27.8 Å². The van der Waals surface area contributed by atoms with Crippen LogP contribution in [0.25, 0.3) is 10.9 Å². The number of pyridine rings is 1. The summed E-state index contributed by atoms with van der Waals surface area (Å²) in [6.07, 6.45) is 3.23.